The minimum atomic E-state index is -0.697. The van der Waals surface area contributed by atoms with Crippen molar-refractivity contribution < 1.29 is 14.3 Å². The number of benzene rings is 1. The van der Waals surface area contributed by atoms with Crippen molar-refractivity contribution in [1.82, 2.24) is 5.32 Å². The van der Waals surface area contributed by atoms with Gasteiger partial charge in [-0.05, 0) is 54.5 Å². The second kappa shape index (κ2) is 16.1. The van der Waals surface area contributed by atoms with Crippen LogP contribution in [0.15, 0.2) is 36.9 Å². The van der Waals surface area contributed by atoms with Crippen LogP contribution in [0, 0.1) is 23.7 Å². The number of amides is 1. The minimum absolute atomic E-state index is 0.198. The van der Waals surface area contributed by atoms with Crippen LogP contribution in [0.25, 0.3) is 0 Å². The molecule has 0 spiro atoms. The first-order valence-corrected chi connectivity index (χ1v) is 11.2. The zero-order valence-corrected chi connectivity index (χ0v) is 19.3. The Balaban J connectivity index is 2.71. The Morgan fingerprint density at radius 3 is 2.29 bits per heavy atom. The van der Waals surface area contributed by atoms with Gasteiger partial charge in [-0.2, -0.15) is 0 Å². The Bertz CT molecular complexity index is 824. The average Bonchev–Trinajstić information content (AvgIpc) is 2.74. The summed E-state index contributed by atoms with van der Waals surface area (Å²) >= 11 is 5.90. The molecule has 0 fully saturated rings. The molecule has 0 unspecified atom stereocenters. The zero-order valence-electron chi connectivity index (χ0n) is 18.5. The van der Waals surface area contributed by atoms with E-state index in [4.69, 9.17) is 16.3 Å². The second-order valence-electron chi connectivity index (χ2n) is 7.25. The molecule has 31 heavy (non-hydrogen) atoms. The maximum Gasteiger partial charge on any atom is 0.304 e. The lowest BCUT2D eigenvalue weighted by atomic mass is 10.0. The van der Waals surface area contributed by atoms with Crippen LogP contribution in [0.4, 0.5) is 0 Å². The van der Waals surface area contributed by atoms with Gasteiger partial charge in [-0.3, -0.25) is 9.59 Å². The van der Waals surface area contributed by atoms with E-state index in [1.165, 1.54) is 45.1 Å². The van der Waals surface area contributed by atoms with Gasteiger partial charge in [-0.1, -0.05) is 76.0 Å². The highest BCUT2D eigenvalue weighted by Gasteiger charge is 2.11. The van der Waals surface area contributed by atoms with Crippen molar-refractivity contribution in [2.75, 3.05) is 0 Å². The van der Waals surface area contributed by atoms with E-state index in [2.05, 4.69) is 42.5 Å². The lowest BCUT2D eigenvalue weighted by Crippen LogP contribution is -2.33. The number of carbonyl (C=O) groups is 2. The van der Waals surface area contributed by atoms with Crippen LogP contribution in [-0.2, 0) is 9.53 Å². The van der Waals surface area contributed by atoms with E-state index >= 15 is 0 Å². The summed E-state index contributed by atoms with van der Waals surface area (Å²) in [5.41, 5.74) is 0.531. The van der Waals surface area contributed by atoms with E-state index in [1.54, 1.807) is 24.3 Å². The number of hydrogen-bond donors (Lipinski definition) is 1. The summed E-state index contributed by atoms with van der Waals surface area (Å²) in [5, 5.41) is 3.55. The zero-order chi connectivity index (χ0) is 22.9. The normalized spacial score (nSPS) is 11.7. The summed E-state index contributed by atoms with van der Waals surface area (Å²) in [6, 6.07) is 6.42. The van der Waals surface area contributed by atoms with E-state index in [-0.39, 0.29) is 11.9 Å². The van der Waals surface area contributed by atoms with Crippen molar-refractivity contribution in [1.29, 1.82) is 0 Å². The van der Waals surface area contributed by atoms with Gasteiger partial charge in [0.1, 0.15) is 0 Å². The number of ether oxygens (including phenoxy) is 1. The van der Waals surface area contributed by atoms with Gasteiger partial charge in [0.25, 0.3) is 5.91 Å². The van der Waals surface area contributed by atoms with Crippen LogP contribution in [0.1, 0.15) is 75.6 Å². The van der Waals surface area contributed by atoms with Crippen molar-refractivity contribution in [3.63, 3.8) is 0 Å². The summed E-state index contributed by atoms with van der Waals surface area (Å²) in [4.78, 5) is 23.6. The molecular formula is C26H32ClNO3. The lowest BCUT2D eigenvalue weighted by Gasteiger charge is -2.13. The molecule has 2 atom stereocenters. The monoisotopic (exact) mass is 441 g/mol. The van der Waals surface area contributed by atoms with Gasteiger partial charge in [-0.25, -0.2) is 0 Å². The fourth-order valence-corrected chi connectivity index (χ4v) is 3.00. The van der Waals surface area contributed by atoms with Crippen LogP contribution in [0.5, 0.6) is 0 Å². The van der Waals surface area contributed by atoms with E-state index in [1.807, 2.05) is 0 Å². The third-order valence-electron chi connectivity index (χ3n) is 4.54. The quantitative estimate of drug-likeness (QED) is 0.196. The summed E-state index contributed by atoms with van der Waals surface area (Å²) in [5.74, 6) is 10.6. The maximum absolute atomic E-state index is 12.6. The lowest BCUT2D eigenvalue weighted by molar-refractivity contribution is -0.142. The summed E-state index contributed by atoms with van der Waals surface area (Å²) < 4.78 is 4.98. The predicted octanol–water partition coefficient (Wildman–Crippen LogP) is 5.70. The van der Waals surface area contributed by atoms with Crippen molar-refractivity contribution in [2.24, 2.45) is 0 Å². The molecule has 0 aliphatic rings. The van der Waals surface area contributed by atoms with Gasteiger partial charge < -0.3 is 10.1 Å². The van der Waals surface area contributed by atoms with Crippen LogP contribution in [-0.4, -0.2) is 24.0 Å². The topological polar surface area (TPSA) is 55.4 Å². The smallest absolute Gasteiger partial charge is 0.304 e. The van der Waals surface area contributed by atoms with Gasteiger partial charge in [0.05, 0.1) is 6.04 Å². The molecule has 0 bridgehead atoms. The highest BCUT2D eigenvalue weighted by atomic mass is 35.5. The standard InChI is InChI=1S/C26H32ClNO3/c1-4-6-7-8-9-10-11-14-24(15-12-13-16-25(5-2)31-21(3)29)28-26(30)22-17-19-23(27)20-18-22/h5,17-20,24-25H,2,4,6-11,14H2,1,3H3,(H,28,30)/t24-,25+/m1/s1. The molecule has 1 aromatic rings. The molecule has 0 aliphatic carbocycles. The molecule has 0 saturated carbocycles. The highest BCUT2D eigenvalue weighted by Crippen LogP contribution is 2.12. The van der Waals surface area contributed by atoms with Gasteiger partial charge in [0.15, 0.2) is 6.10 Å². The molecule has 0 saturated heterocycles. The largest absolute Gasteiger partial charge is 0.445 e. The molecule has 0 aliphatic heterocycles. The predicted molar refractivity (Wildman–Crippen MR) is 127 cm³/mol. The molecule has 0 heterocycles. The number of hydrogen-bond acceptors (Lipinski definition) is 3. The average molecular weight is 442 g/mol. The van der Waals surface area contributed by atoms with Gasteiger partial charge in [0, 0.05) is 17.5 Å². The molecule has 1 rings (SSSR count). The van der Waals surface area contributed by atoms with Crippen LogP contribution in [0.2, 0.25) is 5.02 Å². The van der Waals surface area contributed by atoms with E-state index < -0.39 is 12.1 Å². The molecule has 1 N–H and O–H groups in total. The third kappa shape index (κ3) is 12.6. The Hall–Kier alpha value is -2.69. The van der Waals surface area contributed by atoms with Crippen molar-refractivity contribution >= 4 is 23.5 Å². The van der Waals surface area contributed by atoms with E-state index in [9.17, 15) is 9.59 Å². The number of carbonyl (C=O) groups excluding carboxylic acids is 2. The van der Waals surface area contributed by atoms with Crippen LogP contribution < -0.4 is 5.32 Å². The molecular weight excluding hydrogens is 410 g/mol. The maximum atomic E-state index is 12.6. The molecule has 5 heteroatoms. The van der Waals surface area contributed by atoms with Gasteiger partial charge >= 0.3 is 5.97 Å². The molecule has 4 nitrogen and oxygen atoms in total. The fourth-order valence-electron chi connectivity index (χ4n) is 2.87. The minimum Gasteiger partial charge on any atom is -0.445 e. The molecule has 166 valence electrons. The second-order valence-corrected chi connectivity index (χ2v) is 7.68. The van der Waals surface area contributed by atoms with E-state index in [0.717, 1.165) is 19.3 Å². The Morgan fingerprint density at radius 1 is 1.06 bits per heavy atom. The van der Waals surface area contributed by atoms with Crippen molar-refractivity contribution in [3.8, 4) is 23.7 Å². The number of rotatable bonds is 12. The Kier molecular flexibility index (Phi) is 13.6. The third-order valence-corrected chi connectivity index (χ3v) is 4.79. The first-order chi connectivity index (χ1) is 15.0. The number of unbranched alkanes of at least 4 members (excludes halogenated alkanes) is 6. The molecule has 0 radical (unpaired) electrons. The van der Waals surface area contributed by atoms with Gasteiger partial charge in [-0.15, -0.1) is 0 Å². The summed E-state index contributed by atoms with van der Waals surface area (Å²) in [6.07, 6.45) is 9.79. The van der Waals surface area contributed by atoms with Gasteiger partial charge in [0.2, 0.25) is 0 Å². The Morgan fingerprint density at radius 2 is 1.68 bits per heavy atom. The SMILES string of the molecule is C=C[C@@H](C#CC#C[C@@H](CCCCCCCCC)NC(=O)c1ccc(Cl)cc1)OC(C)=O. The Labute approximate surface area is 191 Å². The molecule has 1 aromatic carbocycles. The van der Waals surface area contributed by atoms with Crippen LogP contribution >= 0.6 is 11.6 Å². The number of halogens is 1. The van der Waals surface area contributed by atoms with Crippen molar-refractivity contribution in [3.05, 3.63) is 47.5 Å². The van der Waals surface area contributed by atoms with Crippen LogP contribution in [0.3, 0.4) is 0 Å². The number of nitrogens with one attached hydrogen (secondary N) is 1. The molecule has 0 aromatic heterocycles. The summed E-state index contributed by atoms with van der Waals surface area (Å²) in [6.45, 7) is 7.11. The fraction of sp³-hybridized carbons (Fsp3) is 0.462. The van der Waals surface area contributed by atoms with Crippen molar-refractivity contribution in [2.45, 2.75) is 77.4 Å². The first-order valence-electron chi connectivity index (χ1n) is 10.8. The first kappa shape index (κ1) is 26.3. The number of esters is 1. The highest BCUT2D eigenvalue weighted by molar-refractivity contribution is 6.30. The van der Waals surface area contributed by atoms with E-state index in [0.29, 0.717) is 10.6 Å². The molecule has 1 amide bonds. The summed E-state index contributed by atoms with van der Waals surface area (Å²) in [7, 11) is 0.